The van der Waals surface area contributed by atoms with Crippen molar-refractivity contribution in [3.63, 3.8) is 0 Å². The zero-order chi connectivity index (χ0) is 19.9. The maximum absolute atomic E-state index is 12.1. The summed E-state index contributed by atoms with van der Waals surface area (Å²) in [5.74, 6) is 2.17. The number of benzene rings is 1. The standard InChI is InChI=1S/C20H33N3O3S.HI/c1-15-6-7-16(18(12-15)26-17-8-10-25-14-17)13-23-19(21-5)22-9-11-27(24)20(2,3)4;/h6-7,12,17H,8-11,13-14H2,1-5H3,(H2,21,22,23);1H. The van der Waals surface area contributed by atoms with Crippen molar-refractivity contribution < 1.29 is 13.7 Å². The Balaban J connectivity index is 0.00000392. The van der Waals surface area contributed by atoms with Gasteiger partial charge in [0.15, 0.2) is 5.96 Å². The molecule has 1 aliphatic heterocycles. The van der Waals surface area contributed by atoms with Gasteiger partial charge in [-0.05, 0) is 39.3 Å². The fraction of sp³-hybridized carbons (Fsp3) is 0.650. The van der Waals surface area contributed by atoms with Crippen molar-refractivity contribution in [2.75, 3.05) is 32.6 Å². The smallest absolute Gasteiger partial charge is 0.191 e. The Bertz CT molecular complexity index is 671. The number of aryl methyl sites for hydroxylation is 1. The molecule has 2 unspecified atom stereocenters. The van der Waals surface area contributed by atoms with Crippen LogP contribution in [0.1, 0.15) is 38.3 Å². The number of nitrogens with zero attached hydrogens (tertiary/aromatic N) is 1. The fourth-order valence-corrected chi connectivity index (χ4v) is 3.57. The first-order chi connectivity index (χ1) is 12.8. The van der Waals surface area contributed by atoms with Gasteiger partial charge >= 0.3 is 0 Å². The lowest BCUT2D eigenvalue weighted by atomic mass is 10.1. The van der Waals surface area contributed by atoms with Crippen LogP contribution < -0.4 is 15.4 Å². The molecule has 1 heterocycles. The van der Waals surface area contributed by atoms with E-state index < -0.39 is 10.8 Å². The van der Waals surface area contributed by atoms with Gasteiger partial charge < -0.3 is 20.1 Å². The predicted octanol–water partition coefficient (Wildman–Crippen LogP) is 2.99. The Morgan fingerprint density at radius 3 is 2.71 bits per heavy atom. The van der Waals surface area contributed by atoms with Gasteiger partial charge in [0, 0.05) is 53.4 Å². The van der Waals surface area contributed by atoms with Crippen LogP contribution in [0.5, 0.6) is 5.75 Å². The van der Waals surface area contributed by atoms with Crippen LogP contribution >= 0.6 is 24.0 Å². The Kier molecular flexibility index (Phi) is 10.8. The zero-order valence-corrected chi connectivity index (χ0v) is 20.7. The van der Waals surface area contributed by atoms with Crippen LogP contribution in [0, 0.1) is 6.92 Å². The van der Waals surface area contributed by atoms with Gasteiger partial charge in [0.05, 0.1) is 13.2 Å². The molecule has 0 spiro atoms. The molecule has 0 saturated carbocycles. The Labute approximate surface area is 188 Å². The highest BCUT2D eigenvalue weighted by Crippen LogP contribution is 2.23. The molecule has 6 nitrogen and oxygen atoms in total. The summed E-state index contributed by atoms with van der Waals surface area (Å²) in [6.07, 6.45) is 1.05. The van der Waals surface area contributed by atoms with E-state index in [0.717, 1.165) is 24.3 Å². The molecular weight excluding hydrogens is 489 g/mol. The normalized spacial score (nSPS) is 18.3. The highest BCUT2D eigenvalue weighted by molar-refractivity contribution is 14.0. The number of halogens is 1. The highest BCUT2D eigenvalue weighted by atomic mass is 127. The minimum absolute atomic E-state index is 0. The molecule has 1 aromatic rings. The second-order valence-electron chi connectivity index (χ2n) is 7.73. The highest BCUT2D eigenvalue weighted by Gasteiger charge is 2.20. The number of guanidine groups is 1. The summed E-state index contributed by atoms with van der Waals surface area (Å²) in [6, 6.07) is 6.23. The van der Waals surface area contributed by atoms with Crippen LogP contribution in [0.15, 0.2) is 23.2 Å². The number of hydrogen-bond donors (Lipinski definition) is 2. The van der Waals surface area contributed by atoms with E-state index in [1.165, 1.54) is 5.56 Å². The van der Waals surface area contributed by atoms with Crippen molar-refractivity contribution in [3.05, 3.63) is 29.3 Å². The third-order valence-corrected chi connectivity index (χ3v) is 6.28. The minimum atomic E-state index is -0.882. The number of ether oxygens (including phenoxy) is 2. The van der Waals surface area contributed by atoms with E-state index in [1.807, 2.05) is 20.8 Å². The molecule has 8 heteroatoms. The van der Waals surface area contributed by atoms with Gasteiger partial charge in [-0.15, -0.1) is 24.0 Å². The number of aliphatic imine (C=N–C) groups is 1. The van der Waals surface area contributed by atoms with Crippen molar-refractivity contribution >= 4 is 40.7 Å². The zero-order valence-electron chi connectivity index (χ0n) is 17.5. The van der Waals surface area contributed by atoms with E-state index >= 15 is 0 Å². The summed E-state index contributed by atoms with van der Waals surface area (Å²) in [5, 5.41) is 6.54. The second kappa shape index (κ2) is 12.0. The van der Waals surface area contributed by atoms with Crippen LogP contribution in [0.25, 0.3) is 0 Å². The predicted molar refractivity (Wildman–Crippen MR) is 127 cm³/mol. The maximum atomic E-state index is 12.1. The number of rotatable bonds is 7. The molecule has 2 atom stereocenters. The topological polar surface area (TPSA) is 72.0 Å². The van der Waals surface area contributed by atoms with Gasteiger partial charge in [0.25, 0.3) is 0 Å². The average molecular weight is 523 g/mol. The largest absolute Gasteiger partial charge is 0.488 e. The first-order valence-corrected chi connectivity index (χ1v) is 10.8. The average Bonchev–Trinajstić information content (AvgIpc) is 3.11. The van der Waals surface area contributed by atoms with Crippen molar-refractivity contribution in [1.29, 1.82) is 0 Å². The molecule has 1 aliphatic rings. The van der Waals surface area contributed by atoms with Crippen LogP contribution in [0.2, 0.25) is 0 Å². The van der Waals surface area contributed by atoms with E-state index in [9.17, 15) is 4.21 Å². The third-order valence-electron chi connectivity index (χ3n) is 4.34. The van der Waals surface area contributed by atoms with E-state index in [0.29, 0.717) is 31.4 Å². The van der Waals surface area contributed by atoms with E-state index in [1.54, 1.807) is 7.05 Å². The van der Waals surface area contributed by atoms with Crippen molar-refractivity contribution in [2.24, 2.45) is 4.99 Å². The molecule has 0 aromatic heterocycles. The van der Waals surface area contributed by atoms with Crippen LogP contribution in [0.3, 0.4) is 0 Å². The molecule has 2 rings (SSSR count). The molecule has 0 amide bonds. The summed E-state index contributed by atoms with van der Waals surface area (Å²) in [7, 11) is 0.852. The maximum Gasteiger partial charge on any atom is 0.191 e. The lowest BCUT2D eigenvalue weighted by Crippen LogP contribution is -2.40. The Hall–Kier alpha value is -0.870. The fourth-order valence-electron chi connectivity index (χ4n) is 2.67. The molecule has 0 aliphatic carbocycles. The summed E-state index contributed by atoms with van der Waals surface area (Å²) in [5.41, 5.74) is 2.24. The molecule has 1 aromatic carbocycles. The Morgan fingerprint density at radius 1 is 1.36 bits per heavy atom. The molecule has 1 saturated heterocycles. The Morgan fingerprint density at radius 2 is 2.11 bits per heavy atom. The lowest BCUT2D eigenvalue weighted by Gasteiger charge is -2.19. The van der Waals surface area contributed by atoms with Gasteiger partial charge in [0.1, 0.15) is 11.9 Å². The van der Waals surface area contributed by atoms with Crippen LogP contribution in [0.4, 0.5) is 0 Å². The molecule has 28 heavy (non-hydrogen) atoms. The third kappa shape index (κ3) is 8.24. The van der Waals surface area contributed by atoms with Crippen LogP contribution in [-0.4, -0.2) is 53.6 Å². The molecule has 0 bridgehead atoms. The van der Waals surface area contributed by atoms with Crippen molar-refractivity contribution in [2.45, 2.75) is 51.5 Å². The SMILES string of the molecule is CN=C(NCCS(=O)C(C)(C)C)NCc1ccc(C)cc1OC1CCOC1.I. The number of nitrogens with one attached hydrogen (secondary N) is 2. The van der Waals surface area contributed by atoms with Crippen molar-refractivity contribution in [3.8, 4) is 5.75 Å². The number of hydrogen-bond acceptors (Lipinski definition) is 4. The molecular formula is C20H34IN3O3S. The molecule has 2 N–H and O–H groups in total. The molecule has 0 radical (unpaired) electrons. The first-order valence-electron chi connectivity index (χ1n) is 9.46. The lowest BCUT2D eigenvalue weighted by molar-refractivity contribution is 0.140. The quantitative estimate of drug-likeness (QED) is 0.327. The first kappa shape index (κ1) is 25.2. The van der Waals surface area contributed by atoms with E-state index in [-0.39, 0.29) is 34.8 Å². The summed E-state index contributed by atoms with van der Waals surface area (Å²) < 4.78 is 23.5. The minimum Gasteiger partial charge on any atom is -0.488 e. The van der Waals surface area contributed by atoms with Gasteiger partial charge in [-0.1, -0.05) is 12.1 Å². The monoisotopic (exact) mass is 523 g/mol. The summed E-state index contributed by atoms with van der Waals surface area (Å²) in [6.45, 7) is 10.7. The summed E-state index contributed by atoms with van der Waals surface area (Å²) >= 11 is 0. The van der Waals surface area contributed by atoms with Gasteiger partial charge in [-0.2, -0.15) is 0 Å². The van der Waals surface area contributed by atoms with Gasteiger partial charge in [-0.25, -0.2) is 0 Å². The molecule has 160 valence electrons. The van der Waals surface area contributed by atoms with E-state index in [4.69, 9.17) is 9.47 Å². The van der Waals surface area contributed by atoms with E-state index in [2.05, 4.69) is 40.7 Å². The molecule has 1 fully saturated rings. The van der Waals surface area contributed by atoms with Gasteiger partial charge in [-0.3, -0.25) is 9.20 Å². The summed E-state index contributed by atoms with van der Waals surface area (Å²) in [4.78, 5) is 4.25. The second-order valence-corrected chi connectivity index (χ2v) is 10.1. The van der Waals surface area contributed by atoms with Gasteiger partial charge in [0.2, 0.25) is 0 Å². The van der Waals surface area contributed by atoms with Crippen LogP contribution in [-0.2, 0) is 22.1 Å². The van der Waals surface area contributed by atoms with Crippen molar-refractivity contribution in [1.82, 2.24) is 10.6 Å².